The minimum Gasteiger partial charge on any atom is -0.369 e. The van der Waals surface area contributed by atoms with E-state index in [4.69, 9.17) is 5.73 Å². The molecule has 0 spiro atoms. The molecule has 0 atom stereocenters. The predicted octanol–water partition coefficient (Wildman–Crippen LogP) is 3.11. The quantitative estimate of drug-likeness (QED) is 0.879. The monoisotopic (exact) mass is 267 g/mol. The fourth-order valence-corrected chi connectivity index (χ4v) is 2.27. The first-order chi connectivity index (χ1) is 7.06. The zero-order valence-electron chi connectivity index (χ0n) is 8.84. The lowest BCUT2D eigenvalue weighted by Gasteiger charge is -2.06. The average Bonchev–Trinajstić information content (AvgIpc) is 2.44. The van der Waals surface area contributed by atoms with Crippen LogP contribution in [0.25, 0.3) is 11.0 Å². The van der Waals surface area contributed by atoms with Crippen molar-refractivity contribution in [3.05, 3.63) is 22.2 Å². The Morgan fingerprint density at radius 1 is 1.47 bits per heavy atom. The third-order valence-corrected chi connectivity index (χ3v) is 2.73. The Labute approximate surface area is 97.2 Å². The largest absolute Gasteiger partial charge is 0.369 e. The third kappa shape index (κ3) is 2.15. The molecule has 0 fully saturated rings. The summed E-state index contributed by atoms with van der Waals surface area (Å²) < 4.78 is 1.06. The normalized spacial score (nSPS) is 11.5. The first kappa shape index (κ1) is 10.5. The third-order valence-electron chi connectivity index (χ3n) is 2.28. The minimum atomic E-state index is 0.480. The Morgan fingerprint density at radius 2 is 2.20 bits per heavy atom. The Kier molecular flexibility index (Phi) is 2.69. The number of fused-ring (bicyclic) bond motifs is 1. The highest BCUT2D eigenvalue weighted by Gasteiger charge is 2.08. The van der Waals surface area contributed by atoms with Crippen molar-refractivity contribution in [2.45, 2.75) is 20.3 Å². The molecule has 0 unspecified atom stereocenters. The van der Waals surface area contributed by atoms with Crippen molar-refractivity contribution in [1.82, 2.24) is 9.97 Å². The molecule has 0 amide bonds. The van der Waals surface area contributed by atoms with Crippen LogP contribution in [0.2, 0.25) is 0 Å². The van der Waals surface area contributed by atoms with E-state index >= 15 is 0 Å². The van der Waals surface area contributed by atoms with Gasteiger partial charge in [-0.15, -0.1) is 0 Å². The molecule has 0 aliphatic heterocycles. The molecule has 0 saturated carbocycles. The van der Waals surface area contributed by atoms with Crippen molar-refractivity contribution in [3.8, 4) is 0 Å². The molecule has 3 nitrogen and oxygen atoms in total. The number of nitrogens with zero attached hydrogens (tertiary/aromatic N) is 1. The summed E-state index contributed by atoms with van der Waals surface area (Å²) >= 11 is 3.49. The number of aromatic nitrogens is 2. The van der Waals surface area contributed by atoms with Crippen LogP contribution in [0, 0.1) is 5.92 Å². The van der Waals surface area contributed by atoms with Gasteiger partial charge in [0, 0.05) is 4.47 Å². The topological polar surface area (TPSA) is 54.7 Å². The molecule has 0 aliphatic rings. The molecule has 2 rings (SSSR count). The molecular weight excluding hydrogens is 254 g/mol. The number of aromatic amines is 1. The summed E-state index contributed by atoms with van der Waals surface area (Å²) in [6, 6.07) is 4.12. The van der Waals surface area contributed by atoms with Gasteiger partial charge in [-0.05, 0) is 30.0 Å². The van der Waals surface area contributed by atoms with Gasteiger partial charge in [0.25, 0.3) is 0 Å². The van der Waals surface area contributed by atoms with E-state index in [9.17, 15) is 0 Å². The van der Waals surface area contributed by atoms with Gasteiger partial charge in [0.05, 0.1) is 11.0 Å². The van der Waals surface area contributed by atoms with Crippen LogP contribution in [0.3, 0.4) is 0 Å². The number of H-pyrrole nitrogens is 1. The van der Waals surface area contributed by atoms with Crippen molar-refractivity contribution < 1.29 is 0 Å². The summed E-state index contributed by atoms with van der Waals surface area (Å²) in [6.45, 7) is 4.39. The molecule has 1 aromatic heterocycles. The van der Waals surface area contributed by atoms with Gasteiger partial charge in [0.1, 0.15) is 0 Å². The molecule has 0 bridgehead atoms. The van der Waals surface area contributed by atoms with E-state index in [-0.39, 0.29) is 0 Å². The fourth-order valence-electron chi connectivity index (χ4n) is 1.76. The lowest BCUT2D eigenvalue weighted by atomic mass is 10.0. The molecule has 0 saturated heterocycles. The number of imidazole rings is 1. The number of nitrogens with one attached hydrogen (secondary N) is 1. The number of nitrogen functional groups attached to an aromatic ring is 1. The molecule has 0 radical (unpaired) electrons. The Morgan fingerprint density at radius 3 is 2.87 bits per heavy atom. The Hall–Kier alpha value is -1.03. The van der Waals surface area contributed by atoms with E-state index in [0.717, 1.165) is 21.9 Å². The van der Waals surface area contributed by atoms with Crippen LogP contribution in [0.4, 0.5) is 5.95 Å². The highest BCUT2D eigenvalue weighted by atomic mass is 79.9. The zero-order valence-corrected chi connectivity index (χ0v) is 10.4. The van der Waals surface area contributed by atoms with Crippen molar-refractivity contribution in [1.29, 1.82) is 0 Å². The number of nitrogens with two attached hydrogens (primary N) is 1. The summed E-state index contributed by atoms with van der Waals surface area (Å²) in [5.41, 5.74) is 8.88. The smallest absolute Gasteiger partial charge is 0.198 e. The van der Waals surface area contributed by atoms with Gasteiger partial charge < -0.3 is 10.7 Å². The van der Waals surface area contributed by atoms with Crippen LogP contribution >= 0.6 is 15.9 Å². The molecule has 3 N–H and O–H groups in total. The molecule has 80 valence electrons. The van der Waals surface area contributed by atoms with Gasteiger partial charge in [-0.1, -0.05) is 29.8 Å². The maximum Gasteiger partial charge on any atom is 0.198 e. The van der Waals surface area contributed by atoms with Crippen LogP contribution in [0.1, 0.15) is 19.4 Å². The number of hydrogen-bond acceptors (Lipinski definition) is 2. The highest BCUT2D eigenvalue weighted by Crippen LogP contribution is 2.25. The molecule has 1 aromatic carbocycles. The van der Waals surface area contributed by atoms with E-state index in [2.05, 4.69) is 45.8 Å². The van der Waals surface area contributed by atoms with Crippen LogP contribution in [-0.4, -0.2) is 9.97 Å². The fraction of sp³-hybridized carbons (Fsp3) is 0.364. The van der Waals surface area contributed by atoms with Gasteiger partial charge in [0.15, 0.2) is 5.95 Å². The summed E-state index contributed by atoms with van der Waals surface area (Å²) in [4.78, 5) is 7.36. The standard InChI is InChI=1S/C11H14BrN3/c1-6(2)3-7-4-8(12)5-9-10(7)15-11(13)14-9/h4-6H,3H2,1-2H3,(H3,13,14,15). The molecule has 0 aliphatic carbocycles. The maximum atomic E-state index is 5.66. The first-order valence-electron chi connectivity index (χ1n) is 5.00. The Balaban J connectivity index is 2.59. The van der Waals surface area contributed by atoms with E-state index in [1.165, 1.54) is 5.56 Å². The van der Waals surface area contributed by atoms with Crippen molar-refractivity contribution in [3.63, 3.8) is 0 Å². The number of benzene rings is 1. The van der Waals surface area contributed by atoms with Crippen LogP contribution in [-0.2, 0) is 6.42 Å². The van der Waals surface area contributed by atoms with Gasteiger partial charge in [-0.3, -0.25) is 0 Å². The van der Waals surface area contributed by atoms with Crippen molar-refractivity contribution >= 4 is 32.9 Å². The molecular formula is C11H14BrN3. The van der Waals surface area contributed by atoms with Gasteiger partial charge in [0.2, 0.25) is 0 Å². The summed E-state index contributed by atoms with van der Waals surface area (Å²) in [5, 5.41) is 0. The lowest BCUT2D eigenvalue weighted by molar-refractivity contribution is 0.649. The second-order valence-corrected chi connectivity index (χ2v) is 5.10. The highest BCUT2D eigenvalue weighted by molar-refractivity contribution is 9.10. The Bertz CT molecular complexity index is 488. The summed E-state index contributed by atoms with van der Waals surface area (Å²) in [5.74, 6) is 1.09. The minimum absolute atomic E-state index is 0.480. The zero-order chi connectivity index (χ0) is 11.0. The van der Waals surface area contributed by atoms with Crippen LogP contribution in [0.5, 0.6) is 0 Å². The first-order valence-corrected chi connectivity index (χ1v) is 5.79. The average molecular weight is 268 g/mol. The van der Waals surface area contributed by atoms with Gasteiger partial charge in [-0.25, -0.2) is 4.98 Å². The van der Waals surface area contributed by atoms with Crippen molar-refractivity contribution in [2.75, 3.05) is 5.73 Å². The van der Waals surface area contributed by atoms with E-state index in [0.29, 0.717) is 11.9 Å². The van der Waals surface area contributed by atoms with Crippen molar-refractivity contribution in [2.24, 2.45) is 5.92 Å². The van der Waals surface area contributed by atoms with Crippen LogP contribution < -0.4 is 5.73 Å². The number of halogens is 1. The maximum absolute atomic E-state index is 5.66. The lowest BCUT2D eigenvalue weighted by Crippen LogP contribution is -1.95. The van der Waals surface area contributed by atoms with Gasteiger partial charge in [-0.2, -0.15) is 0 Å². The van der Waals surface area contributed by atoms with Crippen LogP contribution in [0.15, 0.2) is 16.6 Å². The second kappa shape index (κ2) is 3.85. The number of hydrogen-bond donors (Lipinski definition) is 2. The predicted molar refractivity (Wildman–Crippen MR) is 66.7 cm³/mol. The summed E-state index contributed by atoms with van der Waals surface area (Å²) in [7, 11) is 0. The number of rotatable bonds is 2. The SMILES string of the molecule is CC(C)Cc1cc(Br)cc2[nH]c(N)nc12. The molecule has 2 aromatic rings. The van der Waals surface area contributed by atoms with E-state index in [1.54, 1.807) is 0 Å². The molecule has 1 heterocycles. The molecule has 15 heavy (non-hydrogen) atoms. The second-order valence-electron chi connectivity index (χ2n) is 4.18. The molecule has 4 heteroatoms. The van der Waals surface area contributed by atoms with E-state index in [1.807, 2.05) is 6.07 Å². The van der Waals surface area contributed by atoms with Gasteiger partial charge >= 0.3 is 0 Å². The summed E-state index contributed by atoms with van der Waals surface area (Å²) in [6.07, 6.45) is 1.01. The number of anilines is 1. The van der Waals surface area contributed by atoms with E-state index < -0.39 is 0 Å².